The van der Waals surface area contributed by atoms with Crippen LogP contribution in [0.1, 0.15) is 18.2 Å². The number of nitrogens with zero attached hydrogens (tertiary/aromatic N) is 2. The zero-order valence-corrected chi connectivity index (χ0v) is 14.8. The number of aromatic nitrogens is 1. The topological polar surface area (TPSA) is 77.3 Å². The summed E-state index contributed by atoms with van der Waals surface area (Å²) in [7, 11) is 0. The molecular formula is C17H18BrN3O3. The summed E-state index contributed by atoms with van der Waals surface area (Å²) >= 11 is 0. The molecule has 3 rings (SSSR count). The quantitative estimate of drug-likeness (QED) is 0.372. The lowest BCUT2D eigenvalue weighted by Gasteiger charge is -2.09. The molecule has 0 aliphatic carbocycles. The molecule has 2 N–H and O–H groups in total. The van der Waals surface area contributed by atoms with Gasteiger partial charge in [-0.05, 0) is 25.1 Å². The van der Waals surface area contributed by atoms with Crippen molar-refractivity contribution in [2.45, 2.75) is 13.5 Å². The van der Waals surface area contributed by atoms with E-state index in [-0.39, 0.29) is 30.1 Å². The average Bonchev–Trinajstić information content (AvgIpc) is 2.97. The summed E-state index contributed by atoms with van der Waals surface area (Å²) in [5, 5.41) is 0. The molecule has 7 heteroatoms. The number of para-hydroxylation sites is 1. The number of rotatable bonds is 4. The Morgan fingerprint density at radius 2 is 2.00 bits per heavy atom. The fraction of sp³-hybridized carbons (Fsp3) is 0.235. The number of amidine groups is 1. The number of Topliss-reactive ketones (excluding diaryl/α,β-unsaturated/α-hetero) is 1. The van der Waals surface area contributed by atoms with Crippen molar-refractivity contribution >= 4 is 23.3 Å². The maximum atomic E-state index is 12.1. The molecule has 0 radical (unpaired) electrons. The first-order valence-corrected chi connectivity index (χ1v) is 7.45. The summed E-state index contributed by atoms with van der Waals surface area (Å²) in [6.07, 6.45) is 1.94. The second-order valence-corrected chi connectivity index (χ2v) is 5.27. The Bertz CT molecular complexity index is 811. The van der Waals surface area contributed by atoms with Crippen LogP contribution in [0.5, 0.6) is 0 Å². The molecule has 2 heterocycles. The van der Waals surface area contributed by atoms with Crippen molar-refractivity contribution in [2.75, 3.05) is 13.2 Å². The molecular weight excluding hydrogens is 374 g/mol. The Kier molecular flexibility index (Phi) is 5.56. The minimum atomic E-state index is -0.836. The van der Waals surface area contributed by atoms with E-state index < -0.39 is 11.8 Å². The van der Waals surface area contributed by atoms with Gasteiger partial charge < -0.3 is 26.3 Å². The fourth-order valence-corrected chi connectivity index (χ4v) is 2.73. The number of benzene rings is 1. The predicted octanol–water partition coefficient (Wildman–Crippen LogP) is -1.96. The highest BCUT2D eigenvalue weighted by molar-refractivity contribution is 6.34. The molecule has 0 spiro atoms. The van der Waals surface area contributed by atoms with Gasteiger partial charge in [0.25, 0.3) is 11.6 Å². The summed E-state index contributed by atoms with van der Waals surface area (Å²) < 4.78 is 8.47. The number of halogens is 1. The Labute approximate surface area is 150 Å². The van der Waals surface area contributed by atoms with Gasteiger partial charge in [-0.3, -0.25) is 10.5 Å². The summed E-state index contributed by atoms with van der Waals surface area (Å²) in [4.78, 5) is 23.8. The maximum absolute atomic E-state index is 12.1. The van der Waals surface area contributed by atoms with Crippen LogP contribution in [0.15, 0.2) is 42.6 Å². The summed E-state index contributed by atoms with van der Waals surface area (Å²) in [6, 6.07) is 11.5. The van der Waals surface area contributed by atoms with Gasteiger partial charge in [0, 0.05) is 11.8 Å². The minimum absolute atomic E-state index is 0. The molecule has 24 heavy (non-hydrogen) atoms. The zero-order valence-electron chi connectivity index (χ0n) is 13.2. The Morgan fingerprint density at radius 1 is 1.25 bits per heavy atom. The van der Waals surface area contributed by atoms with Gasteiger partial charge >= 0.3 is 5.97 Å². The molecule has 2 aromatic rings. The number of nitrogens with two attached hydrogens (primary N) is 1. The molecule has 0 bridgehead atoms. The maximum Gasteiger partial charge on any atom is 0.378 e. The average molecular weight is 392 g/mol. The number of ether oxygens (including phenoxy) is 1. The highest BCUT2D eigenvalue weighted by atomic mass is 79.9. The van der Waals surface area contributed by atoms with Gasteiger partial charge in [-0.15, -0.1) is 0 Å². The molecule has 1 aliphatic heterocycles. The van der Waals surface area contributed by atoms with Crippen LogP contribution in [0, 0.1) is 0 Å². The normalized spacial score (nSPS) is 12.5. The van der Waals surface area contributed by atoms with Crippen molar-refractivity contribution in [3.05, 3.63) is 53.9 Å². The standard InChI is InChI=1S/C17H17N3O3.BrH/c1-2-23-17(22)15(21)11-20-13-7-4-3-6-12(13)10-19-9-5-8-14(19)16(20)18;/h3-9,18H,2,10-11H2,1H3;1H. The number of fused-ring (bicyclic) bond motifs is 2. The third kappa shape index (κ3) is 3.26. The molecule has 0 atom stereocenters. The van der Waals surface area contributed by atoms with E-state index in [2.05, 4.69) is 0 Å². The lowest BCUT2D eigenvalue weighted by Crippen LogP contribution is -3.00. The van der Waals surface area contributed by atoms with E-state index in [0.717, 1.165) is 16.9 Å². The SMILES string of the molecule is CCOC(=O)C(=O)C[N+]1=C(N)c2cccn2Cc2ccccc21.[Br-]. The van der Waals surface area contributed by atoms with Crippen LogP contribution >= 0.6 is 0 Å². The third-order valence-corrected chi connectivity index (χ3v) is 3.81. The van der Waals surface area contributed by atoms with Gasteiger partial charge in [0.15, 0.2) is 6.54 Å². The first kappa shape index (κ1) is 17.9. The van der Waals surface area contributed by atoms with Crippen molar-refractivity contribution in [3.63, 3.8) is 0 Å². The number of esters is 1. The summed E-state index contributed by atoms with van der Waals surface area (Å²) in [5.41, 5.74) is 8.96. The number of hydrogen-bond donors (Lipinski definition) is 1. The molecule has 0 saturated carbocycles. The molecule has 1 aromatic carbocycles. The van der Waals surface area contributed by atoms with E-state index in [1.807, 2.05) is 47.2 Å². The van der Waals surface area contributed by atoms with Crippen molar-refractivity contribution in [1.29, 1.82) is 0 Å². The summed E-state index contributed by atoms with van der Waals surface area (Å²) in [5.74, 6) is -1.01. The predicted molar refractivity (Wildman–Crippen MR) is 84.7 cm³/mol. The van der Waals surface area contributed by atoms with Gasteiger partial charge in [-0.1, -0.05) is 18.2 Å². The number of ketones is 1. The molecule has 1 aliphatic rings. The molecule has 1 aromatic heterocycles. The van der Waals surface area contributed by atoms with Gasteiger partial charge in [0.1, 0.15) is 11.4 Å². The first-order valence-electron chi connectivity index (χ1n) is 7.45. The van der Waals surface area contributed by atoms with Gasteiger partial charge in [0.2, 0.25) is 0 Å². The van der Waals surface area contributed by atoms with Gasteiger partial charge in [-0.2, -0.15) is 0 Å². The third-order valence-electron chi connectivity index (χ3n) is 3.81. The molecule has 126 valence electrons. The zero-order chi connectivity index (χ0) is 16.4. The second-order valence-electron chi connectivity index (χ2n) is 5.27. The largest absolute Gasteiger partial charge is 1.00 e. The lowest BCUT2D eigenvalue weighted by atomic mass is 10.1. The fourth-order valence-electron chi connectivity index (χ4n) is 2.73. The van der Waals surface area contributed by atoms with Gasteiger partial charge in [0.05, 0.1) is 13.2 Å². The van der Waals surface area contributed by atoms with Crippen LogP contribution < -0.4 is 22.7 Å². The minimum Gasteiger partial charge on any atom is -1.00 e. The summed E-state index contributed by atoms with van der Waals surface area (Å²) in [6.45, 7) is 2.35. The van der Waals surface area contributed by atoms with Crippen LogP contribution in [0.3, 0.4) is 0 Å². The van der Waals surface area contributed by atoms with Crippen molar-refractivity contribution in [1.82, 2.24) is 4.57 Å². The molecule has 6 nitrogen and oxygen atoms in total. The van der Waals surface area contributed by atoms with Crippen molar-refractivity contribution in [3.8, 4) is 0 Å². The van der Waals surface area contributed by atoms with Crippen molar-refractivity contribution < 1.29 is 35.9 Å². The van der Waals surface area contributed by atoms with E-state index in [9.17, 15) is 9.59 Å². The van der Waals surface area contributed by atoms with E-state index in [1.54, 1.807) is 11.5 Å². The smallest absolute Gasteiger partial charge is 0.378 e. The number of carbonyl (C=O) groups excluding carboxylic acids is 2. The monoisotopic (exact) mass is 391 g/mol. The Hall–Kier alpha value is -2.41. The Balaban J connectivity index is 0.00000208. The molecule has 0 saturated heterocycles. The molecule has 0 amide bonds. The molecule has 0 fully saturated rings. The van der Waals surface area contributed by atoms with Crippen LogP contribution in [0.4, 0.5) is 5.69 Å². The Morgan fingerprint density at radius 3 is 2.75 bits per heavy atom. The van der Waals surface area contributed by atoms with E-state index >= 15 is 0 Å². The number of carbonyl (C=O) groups is 2. The van der Waals surface area contributed by atoms with Crippen molar-refractivity contribution in [2.24, 2.45) is 5.73 Å². The molecule has 0 unspecified atom stereocenters. The van der Waals surface area contributed by atoms with E-state index in [1.165, 1.54) is 0 Å². The highest BCUT2D eigenvalue weighted by Gasteiger charge is 2.28. The van der Waals surface area contributed by atoms with Gasteiger partial charge in [-0.25, -0.2) is 9.37 Å². The van der Waals surface area contributed by atoms with E-state index in [0.29, 0.717) is 12.4 Å². The number of hydrogen-bond acceptors (Lipinski definition) is 4. The first-order chi connectivity index (χ1) is 11.1. The van der Waals surface area contributed by atoms with Crippen LogP contribution in [0.2, 0.25) is 0 Å². The van der Waals surface area contributed by atoms with Crippen LogP contribution in [0.25, 0.3) is 0 Å². The second kappa shape index (κ2) is 7.44. The van der Waals surface area contributed by atoms with E-state index in [4.69, 9.17) is 10.5 Å². The lowest BCUT2D eigenvalue weighted by molar-refractivity contribution is -0.428. The van der Waals surface area contributed by atoms with Crippen LogP contribution in [-0.4, -0.2) is 39.9 Å². The van der Waals surface area contributed by atoms with Crippen LogP contribution in [-0.2, 0) is 20.9 Å². The highest BCUT2D eigenvalue weighted by Crippen LogP contribution is 2.24.